The fraction of sp³-hybridized carbons (Fsp3) is 0.824. The second-order valence-corrected chi connectivity index (χ2v) is 7.10. The van der Waals surface area contributed by atoms with Gasteiger partial charge in [0.05, 0.1) is 6.07 Å². The lowest BCUT2D eigenvalue weighted by atomic mass is 9.63. The quantitative estimate of drug-likeness (QED) is 0.541. The standard InChI is InChI=1S/C17H23N/c1-2-12-13(4-3-7-18)15-9-14(12)16-10-5-6-11(8-10)17(15)16/h5-6,10-17H,2-4,8-9H2,1H3. The third-order valence-corrected chi connectivity index (χ3v) is 6.83. The molecule has 8 unspecified atom stereocenters. The summed E-state index contributed by atoms with van der Waals surface area (Å²) < 4.78 is 0. The molecule has 1 nitrogen and oxygen atoms in total. The average molecular weight is 241 g/mol. The van der Waals surface area contributed by atoms with E-state index in [1.165, 1.54) is 25.7 Å². The van der Waals surface area contributed by atoms with E-state index in [4.69, 9.17) is 5.26 Å². The number of allylic oxidation sites excluding steroid dienone is 2. The fourth-order valence-corrected chi connectivity index (χ4v) is 6.55. The SMILES string of the molecule is CCC1C(CCC#N)C2CC1C1C3C=CC(C3)C21. The second kappa shape index (κ2) is 3.86. The number of rotatable bonds is 3. The maximum atomic E-state index is 8.89. The van der Waals surface area contributed by atoms with Crippen LogP contribution in [0.4, 0.5) is 0 Å². The molecule has 0 saturated heterocycles. The van der Waals surface area contributed by atoms with Gasteiger partial charge in [-0.15, -0.1) is 0 Å². The third kappa shape index (κ3) is 1.22. The fourth-order valence-electron chi connectivity index (χ4n) is 6.55. The van der Waals surface area contributed by atoms with Crippen LogP contribution in [0.1, 0.15) is 39.0 Å². The van der Waals surface area contributed by atoms with Gasteiger partial charge in [-0.25, -0.2) is 0 Å². The van der Waals surface area contributed by atoms with Crippen molar-refractivity contribution in [2.24, 2.45) is 47.3 Å². The molecule has 0 amide bonds. The van der Waals surface area contributed by atoms with Crippen molar-refractivity contribution in [2.75, 3.05) is 0 Å². The Hall–Kier alpha value is -0.770. The Labute approximate surface area is 110 Å². The summed E-state index contributed by atoms with van der Waals surface area (Å²) in [5, 5.41) is 8.89. The number of nitriles is 1. The molecule has 0 aromatic carbocycles. The van der Waals surface area contributed by atoms with Gasteiger partial charge in [0.1, 0.15) is 0 Å². The molecule has 0 aromatic rings. The van der Waals surface area contributed by atoms with Crippen molar-refractivity contribution in [3.8, 4) is 6.07 Å². The van der Waals surface area contributed by atoms with Gasteiger partial charge in [0.2, 0.25) is 0 Å². The van der Waals surface area contributed by atoms with Crippen LogP contribution in [0, 0.1) is 58.7 Å². The third-order valence-electron chi connectivity index (χ3n) is 6.83. The van der Waals surface area contributed by atoms with E-state index in [9.17, 15) is 0 Å². The Morgan fingerprint density at radius 3 is 2.33 bits per heavy atom. The molecule has 18 heavy (non-hydrogen) atoms. The van der Waals surface area contributed by atoms with Gasteiger partial charge in [0.25, 0.3) is 0 Å². The lowest BCUT2D eigenvalue weighted by Gasteiger charge is -2.41. The minimum absolute atomic E-state index is 0.783. The normalized spacial score (nSPS) is 54.9. The zero-order valence-corrected chi connectivity index (χ0v) is 11.3. The van der Waals surface area contributed by atoms with Crippen molar-refractivity contribution >= 4 is 0 Å². The molecule has 4 aliphatic carbocycles. The highest BCUT2D eigenvalue weighted by Crippen LogP contribution is 2.69. The first-order valence-corrected chi connectivity index (χ1v) is 7.90. The van der Waals surface area contributed by atoms with E-state index in [0.717, 1.165) is 53.8 Å². The van der Waals surface area contributed by atoms with Crippen LogP contribution in [0.5, 0.6) is 0 Å². The summed E-state index contributed by atoms with van der Waals surface area (Å²) in [6.07, 6.45) is 11.3. The van der Waals surface area contributed by atoms with Crippen molar-refractivity contribution in [1.29, 1.82) is 5.26 Å². The molecule has 4 aliphatic rings. The van der Waals surface area contributed by atoms with E-state index in [0.29, 0.717) is 0 Å². The molecule has 0 N–H and O–H groups in total. The van der Waals surface area contributed by atoms with Gasteiger partial charge < -0.3 is 0 Å². The lowest BCUT2D eigenvalue weighted by molar-refractivity contribution is 0.0809. The number of fused-ring (bicyclic) bond motifs is 9. The van der Waals surface area contributed by atoms with Crippen LogP contribution < -0.4 is 0 Å². The molecule has 1 heteroatoms. The summed E-state index contributed by atoms with van der Waals surface area (Å²) in [7, 11) is 0. The first-order chi connectivity index (χ1) is 8.85. The van der Waals surface area contributed by atoms with Crippen molar-refractivity contribution in [3.05, 3.63) is 12.2 Å². The van der Waals surface area contributed by atoms with Gasteiger partial charge >= 0.3 is 0 Å². The molecule has 3 saturated carbocycles. The second-order valence-electron chi connectivity index (χ2n) is 7.10. The van der Waals surface area contributed by atoms with E-state index in [2.05, 4.69) is 25.1 Å². The van der Waals surface area contributed by atoms with Gasteiger partial charge in [-0.05, 0) is 66.6 Å². The van der Waals surface area contributed by atoms with Crippen LogP contribution in [-0.2, 0) is 0 Å². The Bertz CT molecular complexity index is 418. The smallest absolute Gasteiger partial charge is 0.0621 e. The molecule has 0 spiro atoms. The van der Waals surface area contributed by atoms with Crippen molar-refractivity contribution < 1.29 is 0 Å². The predicted molar refractivity (Wildman–Crippen MR) is 71.4 cm³/mol. The monoisotopic (exact) mass is 241 g/mol. The van der Waals surface area contributed by atoms with E-state index < -0.39 is 0 Å². The summed E-state index contributed by atoms with van der Waals surface area (Å²) in [4.78, 5) is 0. The highest BCUT2D eigenvalue weighted by Gasteiger charge is 2.63. The van der Waals surface area contributed by atoms with Gasteiger partial charge in [0.15, 0.2) is 0 Å². The minimum Gasteiger partial charge on any atom is -0.198 e. The molecule has 0 radical (unpaired) electrons. The van der Waals surface area contributed by atoms with E-state index in [-0.39, 0.29) is 0 Å². The van der Waals surface area contributed by atoms with Crippen LogP contribution in [0.2, 0.25) is 0 Å². The molecule has 0 aromatic heterocycles. The highest BCUT2D eigenvalue weighted by atomic mass is 14.7. The molecule has 96 valence electrons. The maximum absolute atomic E-state index is 8.89. The Balaban J connectivity index is 1.62. The largest absolute Gasteiger partial charge is 0.198 e. The van der Waals surface area contributed by atoms with Crippen molar-refractivity contribution in [2.45, 2.75) is 39.0 Å². The van der Waals surface area contributed by atoms with Crippen LogP contribution in [0.3, 0.4) is 0 Å². The van der Waals surface area contributed by atoms with E-state index in [1.807, 2.05) is 0 Å². The Kier molecular flexibility index (Phi) is 2.38. The molecule has 0 aliphatic heterocycles. The number of nitrogens with zero attached hydrogens (tertiary/aromatic N) is 1. The van der Waals surface area contributed by atoms with Crippen molar-refractivity contribution in [1.82, 2.24) is 0 Å². The highest BCUT2D eigenvalue weighted by molar-refractivity contribution is 5.21. The van der Waals surface area contributed by atoms with Crippen LogP contribution >= 0.6 is 0 Å². The average Bonchev–Trinajstić information content (AvgIpc) is 3.11. The molecule has 4 bridgehead atoms. The van der Waals surface area contributed by atoms with Crippen molar-refractivity contribution in [3.63, 3.8) is 0 Å². The van der Waals surface area contributed by atoms with Crippen LogP contribution in [0.15, 0.2) is 12.2 Å². The summed E-state index contributed by atoms with van der Waals surface area (Å²) in [5.74, 6) is 7.70. The molecule has 8 atom stereocenters. The molecule has 4 rings (SSSR count). The minimum atomic E-state index is 0.783. The van der Waals surface area contributed by atoms with Gasteiger partial charge in [0, 0.05) is 6.42 Å². The lowest BCUT2D eigenvalue weighted by Crippen LogP contribution is -2.36. The molecular formula is C17H23N. The summed E-state index contributed by atoms with van der Waals surface area (Å²) in [6.45, 7) is 2.38. The molecular weight excluding hydrogens is 218 g/mol. The zero-order chi connectivity index (χ0) is 12.3. The predicted octanol–water partition coefficient (Wildman–Crippen LogP) is 4.02. The first-order valence-electron chi connectivity index (χ1n) is 7.90. The van der Waals surface area contributed by atoms with Crippen LogP contribution in [-0.4, -0.2) is 0 Å². The Morgan fingerprint density at radius 2 is 1.72 bits per heavy atom. The molecule has 0 heterocycles. The summed E-state index contributed by atoms with van der Waals surface area (Å²) in [6, 6.07) is 2.38. The molecule has 3 fully saturated rings. The number of hydrogen-bond donors (Lipinski definition) is 0. The Morgan fingerprint density at radius 1 is 1.06 bits per heavy atom. The van der Waals surface area contributed by atoms with Gasteiger partial charge in [-0.2, -0.15) is 5.26 Å². The van der Waals surface area contributed by atoms with E-state index in [1.54, 1.807) is 0 Å². The zero-order valence-electron chi connectivity index (χ0n) is 11.3. The van der Waals surface area contributed by atoms with Crippen LogP contribution in [0.25, 0.3) is 0 Å². The number of hydrogen-bond acceptors (Lipinski definition) is 1. The first kappa shape index (κ1) is 11.1. The van der Waals surface area contributed by atoms with Gasteiger partial charge in [-0.1, -0.05) is 25.5 Å². The van der Waals surface area contributed by atoms with E-state index >= 15 is 0 Å². The summed E-state index contributed by atoms with van der Waals surface area (Å²) in [5.41, 5.74) is 0. The maximum Gasteiger partial charge on any atom is 0.0621 e. The summed E-state index contributed by atoms with van der Waals surface area (Å²) >= 11 is 0. The topological polar surface area (TPSA) is 23.8 Å². The van der Waals surface area contributed by atoms with Gasteiger partial charge in [-0.3, -0.25) is 0 Å².